The van der Waals surface area contributed by atoms with Crippen LogP contribution < -0.4 is 10.5 Å². The summed E-state index contributed by atoms with van der Waals surface area (Å²) in [7, 11) is 0. The lowest BCUT2D eigenvalue weighted by Gasteiger charge is -2.19. The monoisotopic (exact) mass is 175 g/mol. The fourth-order valence-corrected chi connectivity index (χ4v) is 0.860. The Labute approximate surface area is 78.7 Å². The van der Waals surface area contributed by atoms with Crippen LogP contribution in [0.1, 0.15) is 13.8 Å². The maximum Gasteiger partial charge on any atom is 0.163 e. The third-order valence-corrected chi connectivity index (χ3v) is 1.60. The molecule has 1 rings (SSSR count). The van der Waals surface area contributed by atoms with Gasteiger partial charge in [0.05, 0.1) is 0 Å². The molecule has 0 atom stereocenters. The average Bonchev–Trinajstić information content (AvgIpc) is 2.09. The average molecular weight is 175 g/mol. The van der Waals surface area contributed by atoms with E-state index < -0.39 is 5.60 Å². The molecule has 0 radical (unpaired) electrons. The molecular weight excluding hydrogens is 162 g/mol. The molecule has 0 aliphatic rings. The van der Waals surface area contributed by atoms with Gasteiger partial charge in [0.15, 0.2) is 5.60 Å². The van der Waals surface area contributed by atoms with E-state index in [-0.39, 0.29) is 0 Å². The van der Waals surface area contributed by atoms with Gasteiger partial charge in [-0.05, 0) is 38.1 Å². The van der Waals surface area contributed by atoms with Crippen molar-refractivity contribution in [3.63, 3.8) is 0 Å². The molecule has 0 heterocycles. The molecule has 2 N–H and O–H groups in total. The molecular formula is C11H13NO. The van der Waals surface area contributed by atoms with Crippen LogP contribution in [0.3, 0.4) is 0 Å². The number of benzene rings is 1. The van der Waals surface area contributed by atoms with E-state index in [1.54, 1.807) is 24.3 Å². The van der Waals surface area contributed by atoms with Crippen molar-refractivity contribution in [3.05, 3.63) is 24.3 Å². The summed E-state index contributed by atoms with van der Waals surface area (Å²) < 4.78 is 5.51. The second-order valence-electron chi connectivity index (χ2n) is 3.33. The molecule has 0 saturated carbocycles. The molecule has 0 aliphatic heterocycles. The maximum absolute atomic E-state index is 5.53. The van der Waals surface area contributed by atoms with Gasteiger partial charge in [0.25, 0.3) is 0 Å². The van der Waals surface area contributed by atoms with Crippen molar-refractivity contribution in [1.29, 1.82) is 0 Å². The first-order chi connectivity index (χ1) is 6.03. The number of rotatable bonds is 2. The van der Waals surface area contributed by atoms with Crippen molar-refractivity contribution in [2.45, 2.75) is 19.4 Å². The SMILES string of the molecule is C#CC(C)(C)Oc1ccc(N)cc1. The third-order valence-electron chi connectivity index (χ3n) is 1.60. The van der Waals surface area contributed by atoms with Crippen LogP contribution in [0.5, 0.6) is 5.75 Å². The van der Waals surface area contributed by atoms with Crippen LogP contribution in [0, 0.1) is 12.3 Å². The molecule has 68 valence electrons. The van der Waals surface area contributed by atoms with Crippen LogP contribution >= 0.6 is 0 Å². The molecule has 1 aromatic carbocycles. The van der Waals surface area contributed by atoms with E-state index >= 15 is 0 Å². The lowest BCUT2D eigenvalue weighted by molar-refractivity contribution is 0.172. The first kappa shape index (κ1) is 9.47. The summed E-state index contributed by atoms with van der Waals surface area (Å²) >= 11 is 0. The van der Waals surface area contributed by atoms with Crippen LogP contribution in [0.15, 0.2) is 24.3 Å². The molecule has 0 fully saturated rings. The number of nitrogen functional groups attached to an aromatic ring is 1. The zero-order valence-electron chi connectivity index (χ0n) is 7.87. The van der Waals surface area contributed by atoms with E-state index in [9.17, 15) is 0 Å². The van der Waals surface area contributed by atoms with Gasteiger partial charge >= 0.3 is 0 Å². The van der Waals surface area contributed by atoms with E-state index in [2.05, 4.69) is 5.92 Å². The van der Waals surface area contributed by atoms with Crippen molar-refractivity contribution in [2.24, 2.45) is 0 Å². The second kappa shape index (κ2) is 3.40. The second-order valence-corrected chi connectivity index (χ2v) is 3.33. The summed E-state index contributed by atoms with van der Waals surface area (Å²) in [5.74, 6) is 3.28. The van der Waals surface area contributed by atoms with Crippen molar-refractivity contribution in [2.75, 3.05) is 5.73 Å². The Kier molecular flexibility index (Phi) is 2.48. The number of hydrogen-bond acceptors (Lipinski definition) is 2. The molecule has 0 aliphatic carbocycles. The number of ether oxygens (including phenoxy) is 1. The summed E-state index contributed by atoms with van der Waals surface area (Å²) in [6, 6.07) is 7.16. The summed E-state index contributed by atoms with van der Waals surface area (Å²) in [5, 5.41) is 0. The minimum absolute atomic E-state index is 0.573. The third kappa shape index (κ3) is 2.72. The normalized spacial score (nSPS) is 10.5. The molecule has 1 aromatic rings. The highest BCUT2D eigenvalue weighted by Gasteiger charge is 2.14. The maximum atomic E-state index is 5.53. The van der Waals surface area contributed by atoms with Crippen molar-refractivity contribution >= 4 is 5.69 Å². The van der Waals surface area contributed by atoms with Crippen LogP contribution in [-0.4, -0.2) is 5.60 Å². The number of hydrogen-bond donors (Lipinski definition) is 1. The highest BCUT2D eigenvalue weighted by molar-refractivity contribution is 5.41. The molecule has 2 nitrogen and oxygen atoms in total. The molecule has 2 heteroatoms. The highest BCUT2D eigenvalue weighted by Crippen LogP contribution is 2.18. The Bertz CT molecular complexity index is 319. The van der Waals surface area contributed by atoms with E-state index in [0.29, 0.717) is 5.69 Å². The van der Waals surface area contributed by atoms with Crippen LogP contribution in [0.25, 0.3) is 0 Å². The van der Waals surface area contributed by atoms with Crippen molar-refractivity contribution < 1.29 is 4.74 Å². The molecule has 0 bridgehead atoms. The lowest BCUT2D eigenvalue weighted by atomic mass is 10.1. The summed E-state index contributed by atoms with van der Waals surface area (Å²) in [6.45, 7) is 3.67. The quantitative estimate of drug-likeness (QED) is 0.551. The van der Waals surface area contributed by atoms with Gasteiger partial charge in [-0.25, -0.2) is 0 Å². The standard InChI is InChI=1S/C11H13NO/c1-4-11(2,3)13-10-7-5-9(12)6-8-10/h1,5-8H,12H2,2-3H3. The first-order valence-corrected chi connectivity index (χ1v) is 4.06. The van der Waals surface area contributed by atoms with Gasteiger partial charge in [0, 0.05) is 5.69 Å². The fraction of sp³-hybridized carbons (Fsp3) is 0.273. The number of terminal acetylenes is 1. The minimum atomic E-state index is -0.573. The van der Waals surface area contributed by atoms with Gasteiger partial charge in [-0.1, -0.05) is 5.92 Å². The zero-order chi connectivity index (χ0) is 9.90. The minimum Gasteiger partial charge on any atom is -0.475 e. The largest absolute Gasteiger partial charge is 0.475 e. The summed E-state index contributed by atoms with van der Waals surface area (Å²) in [5.41, 5.74) is 5.67. The zero-order valence-corrected chi connectivity index (χ0v) is 7.87. The van der Waals surface area contributed by atoms with E-state index in [1.807, 2.05) is 13.8 Å². The Hall–Kier alpha value is -1.62. The lowest BCUT2D eigenvalue weighted by Crippen LogP contribution is -2.25. The molecule has 0 unspecified atom stereocenters. The Balaban J connectivity index is 2.77. The smallest absolute Gasteiger partial charge is 0.163 e. The molecule has 13 heavy (non-hydrogen) atoms. The first-order valence-electron chi connectivity index (χ1n) is 4.06. The van der Waals surface area contributed by atoms with E-state index in [0.717, 1.165) is 5.75 Å². The number of nitrogens with two attached hydrogens (primary N) is 1. The van der Waals surface area contributed by atoms with E-state index in [4.69, 9.17) is 16.9 Å². The molecule has 0 saturated heterocycles. The van der Waals surface area contributed by atoms with E-state index in [1.165, 1.54) is 0 Å². The topological polar surface area (TPSA) is 35.2 Å². The Morgan fingerprint density at radius 1 is 1.31 bits per heavy atom. The van der Waals surface area contributed by atoms with Gasteiger partial charge in [-0.3, -0.25) is 0 Å². The van der Waals surface area contributed by atoms with Crippen molar-refractivity contribution in [3.8, 4) is 18.1 Å². The van der Waals surface area contributed by atoms with Gasteiger partial charge < -0.3 is 10.5 Å². The predicted octanol–water partition coefficient (Wildman–Crippen LogP) is 2.06. The van der Waals surface area contributed by atoms with Crippen LogP contribution in [0.4, 0.5) is 5.69 Å². The van der Waals surface area contributed by atoms with Gasteiger partial charge in [-0.2, -0.15) is 0 Å². The molecule has 0 amide bonds. The fourth-order valence-electron chi connectivity index (χ4n) is 0.860. The van der Waals surface area contributed by atoms with Gasteiger partial charge in [0.1, 0.15) is 5.75 Å². The predicted molar refractivity (Wildman–Crippen MR) is 54.4 cm³/mol. The van der Waals surface area contributed by atoms with Crippen LogP contribution in [0.2, 0.25) is 0 Å². The Morgan fingerprint density at radius 2 is 1.85 bits per heavy atom. The number of anilines is 1. The molecule has 0 aromatic heterocycles. The molecule has 0 spiro atoms. The Morgan fingerprint density at radius 3 is 2.31 bits per heavy atom. The van der Waals surface area contributed by atoms with Crippen molar-refractivity contribution in [1.82, 2.24) is 0 Å². The van der Waals surface area contributed by atoms with Crippen LogP contribution in [-0.2, 0) is 0 Å². The highest BCUT2D eigenvalue weighted by atomic mass is 16.5. The van der Waals surface area contributed by atoms with Gasteiger partial charge in [-0.15, -0.1) is 6.42 Å². The van der Waals surface area contributed by atoms with Gasteiger partial charge in [0.2, 0.25) is 0 Å². The summed E-state index contributed by atoms with van der Waals surface area (Å²) in [4.78, 5) is 0. The summed E-state index contributed by atoms with van der Waals surface area (Å²) in [6.07, 6.45) is 5.28.